The molecule has 0 saturated heterocycles. The van der Waals surface area contributed by atoms with E-state index in [9.17, 15) is 13.2 Å². The van der Waals surface area contributed by atoms with Crippen molar-refractivity contribution in [1.82, 2.24) is 15.1 Å². The lowest BCUT2D eigenvalue weighted by Crippen LogP contribution is -2.19. The number of rotatable bonds is 6. The van der Waals surface area contributed by atoms with Crippen LogP contribution >= 0.6 is 0 Å². The quantitative estimate of drug-likeness (QED) is 0.779. The summed E-state index contributed by atoms with van der Waals surface area (Å²) in [6, 6.07) is 0. The molecular formula is C10H16F3N3O. The van der Waals surface area contributed by atoms with Crippen molar-refractivity contribution in [3.05, 3.63) is 17.5 Å². The highest BCUT2D eigenvalue weighted by Gasteiger charge is 2.27. The summed E-state index contributed by atoms with van der Waals surface area (Å²) in [5, 5.41) is 7.08. The van der Waals surface area contributed by atoms with Gasteiger partial charge in [0.25, 0.3) is 0 Å². The zero-order valence-corrected chi connectivity index (χ0v) is 9.84. The Morgan fingerprint density at radius 2 is 2.18 bits per heavy atom. The SMILES string of the molecule is CNCc1cnn(CCOCC(F)(F)F)c1C. The number of alkyl halides is 3. The molecule has 0 fully saturated rings. The van der Waals surface area contributed by atoms with Crippen LogP contribution in [0.15, 0.2) is 6.20 Å². The van der Waals surface area contributed by atoms with Gasteiger partial charge in [0.15, 0.2) is 0 Å². The van der Waals surface area contributed by atoms with E-state index in [1.807, 2.05) is 14.0 Å². The molecule has 0 aliphatic rings. The smallest absolute Gasteiger partial charge is 0.370 e. The van der Waals surface area contributed by atoms with Gasteiger partial charge in [-0.15, -0.1) is 0 Å². The van der Waals surface area contributed by atoms with E-state index in [1.54, 1.807) is 10.9 Å². The van der Waals surface area contributed by atoms with Gasteiger partial charge in [0.2, 0.25) is 0 Å². The molecule has 0 aliphatic heterocycles. The number of aromatic nitrogens is 2. The second-order valence-electron chi connectivity index (χ2n) is 3.68. The molecule has 1 aromatic rings. The average molecular weight is 251 g/mol. The molecule has 0 unspecified atom stereocenters. The van der Waals surface area contributed by atoms with Gasteiger partial charge in [0.05, 0.1) is 19.3 Å². The standard InChI is InChI=1S/C10H16F3N3O/c1-8-9(5-14-2)6-15-16(8)3-4-17-7-10(11,12)13/h6,14H,3-5,7H2,1-2H3. The zero-order valence-electron chi connectivity index (χ0n) is 9.84. The van der Waals surface area contributed by atoms with Crippen LogP contribution < -0.4 is 5.32 Å². The first-order valence-electron chi connectivity index (χ1n) is 5.24. The molecule has 98 valence electrons. The minimum absolute atomic E-state index is 0.00102. The van der Waals surface area contributed by atoms with Gasteiger partial charge in [-0.3, -0.25) is 4.68 Å². The normalized spacial score (nSPS) is 12.1. The van der Waals surface area contributed by atoms with Gasteiger partial charge in [-0.05, 0) is 14.0 Å². The number of hydrogen-bond acceptors (Lipinski definition) is 3. The third-order valence-electron chi connectivity index (χ3n) is 2.29. The lowest BCUT2D eigenvalue weighted by molar-refractivity contribution is -0.174. The summed E-state index contributed by atoms with van der Waals surface area (Å²) >= 11 is 0. The predicted molar refractivity (Wildman–Crippen MR) is 56.6 cm³/mol. The molecule has 4 nitrogen and oxygen atoms in total. The van der Waals surface area contributed by atoms with Crippen LogP contribution in [0.4, 0.5) is 13.2 Å². The molecule has 7 heteroatoms. The van der Waals surface area contributed by atoms with Crippen molar-refractivity contribution < 1.29 is 17.9 Å². The van der Waals surface area contributed by atoms with Crippen molar-refractivity contribution in [2.45, 2.75) is 26.2 Å². The van der Waals surface area contributed by atoms with E-state index in [0.717, 1.165) is 11.3 Å². The molecule has 17 heavy (non-hydrogen) atoms. The predicted octanol–water partition coefficient (Wildman–Crippen LogP) is 1.49. The highest BCUT2D eigenvalue weighted by atomic mass is 19.4. The minimum Gasteiger partial charge on any atom is -0.370 e. The molecule has 0 aromatic carbocycles. The molecule has 0 radical (unpaired) electrons. The molecule has 0 saturated carbocycles. The Morgan fingerprint density at radius 1 is 1.47 bits per heavy atom. The maximum Gasteiger partial charge on any atom is 0.411 e. The second kappa shape index (κ2) is 6.02. The lowest BCUT2D eigenvalue weighted by Gasteiger charge is -2.08. The summed E-state index contributed by atoms with van der Waals surface area (Å²) in [4.78, 5) is 0. The van der Waals surface area contributed by atoms with Crippen LogP contribution in [0.2, 0.25) is 0 Å². The van der Waals surface area contributed by atoms with Gasteiger partial charge in [0, 0.05) is 17.8 Å². The molecule has 0 amide bonds. The Kier molecular flexibility index (Phi) is 4.95. The van der Waals surface area contributed by atoms with Gasteiger partial charge < -0.3 is 10.1 Å². The van der Waals surface area contributed by atoms with Gasteiger partial charge in [-0.2, -0.15) is 18.3 Å². The van der Waals surface area contributed by atoms with Crippen molar-refractivity contribution in [1.29, 1.82) is 0 Å². The number of hydrogen-bond donors (Lipinski definition) is 1. The van der Waals surface area contributed by atoms with E-state index in [1.165, 1.54) is 0 Å². The fourth-order valence-corrected chi connectivity index (χ4v) is 1.41. The van der Waals surface area contributed by atoms with Crippen LogP contribution in [-0.2, 0) is 17.8 Å². The third kappa shape index (κ3) is 4.74. The van der Waals surface area contributed by atoms with Crippen LogP contribution in [-0.4, -0.2) is 36.2 Å². The topological polar surface area (TPSA) is 39.1 Å². The summed E-state index contributed by atoms with van der Waals surface area (Å²) in [7, 11) is 1.82. The summed E-state index contributed by atoms with van der Waals surface area (Å²) in [6.07, 6.45) is -2.56. The first kappa shape index (κ1) is 14.0. The zero-order chi connectivity index (χ0) is 12.9. The molecule has 0 aliphatic carbocycles. The maximum absolute atomic E-state index is 11.8. The highest BCUT2D eigenvalue weighted by Crippen LogP contribution is 2.14. The van der Waals surface area contributed by atoms with Crippen LogP contribution in [0.3, 0.4) is 0 Å². The Morgan fingerprint density at radius 3 is 2.76 bits per heavy atom. The lowest BCUT2D eigenvalue weighted by atomic mass is 10.2. The van der Waals surface area contributed by atoms with Crippen LogP contribution in [0.25, 0.3) is 0 Å². The molecule has 0 atom stereocenters. The van der Waals surface area contributed by atoms with Crippen molar-refractivity contribution >= 4 is 0 Å². The Hall–Kier alpha value is -1.08. The molecule has 1 N–H and O–H groups in total. The minimum atomic E-state index is -4.27. The van der Waals surface area contributed by atoms with Gasteiger partial charge in [0.1, 0.15) is 6.61 Å². The van der Waals surface area contributed by atoms with E-state index in [-0.39, 0.29) is 6.61 Å². The molecule has 0 spiro atoms. The maximum atomic E-state index is 11.8. The van der Waals surface area contributed by atoms with Gasteiger partial charge in [-0.1, -0.05) is 0 Å². The summed E-state index contributed by atoms with van der Waals surface area (Å²) < 4.78 is 41.6. The summed E-state index contributed by atoms with van der Waals surface area (Å²) in [6.45, 7) is 1.68. The molecular weight excluding hydrogens is 235 g/mol. The fraction of sp³-hybridized carbons (Fsp3) is 0.700. The van der Waals surface area contributed by atoms with E-state index < -0.39 is 12.8 Å². The Balaban J connectivity index is 2.37. The van der Waals surface area contributed by atoms with Crippen LogP contribution in [0.1, 0.15) is 11.3 Å². The first-order valence-corrected chi connectivity index (χ1v) is 5.24. The van der Waals surface area contributed by atoms with E-state index in [4.69, 9.17) is 0 Å². The average Bonchev–Trinajstić information content (AvgIpc) is 2.55. The molecule has 0 bridgehead atoms. The second-order valence-corrected chi connectivity index (χ2v) is 3.68. The van der Waals surface area contributed by atoms with Crippen LogP contribution in [0.5, 0.6) is 0 Å². The first-order chi connectivity index (χ1) is 7.94. The van der Waals surface area contributed by atoms with Crippen molar-refractivity contribution in [2.24, 2.45) is 0 Å². The largest absolute Gasteiger partial charge is 0.411 e. The van der Waals surface area contributed by atoms with Crippen molar-refractivity contribution in [2.75, 3.05) is 20.3 Å². The van der Waals surface area contributed by atoms with E-state index in [0.29, 0.717) is 13.1 Å². The summed E-state index contributed by atoms with van der Waals surface area (Å²) in [5.74, 6) is 0. The monoisotopic (exact) mass is 251 g/mol. The van der Waals surface area contributed by atoms with Crippen molar-refractivity contribution in [3.8, 4) is 0 Å². The van der Waals surface area contributed by atoms with Crippen LogP contribution in [0, 0.1) is 6.92 Å². The molecule has 1 aromatic heterocycles. The Labute approximate surface area is 97.8 Å². The highest BCUT2D eigenvalue weighted by molar-refractivity contribution is 5.15. The number of nitrogens with one attached hydrogen (secondary N) is 1. The molecule has 1 rings (SSSR count). The number of halogens is 3. The summed E-state index contributed by atoms with van der Waals surface area (Å²) in [5.41, 5.74) is 1.97. The third-order valence-corrected chi connectivity index (χ3v) is 2.29. The van der Waals surface area contributed by atoms with Gasteiger partial charge in [-0.25, -0.2) is 0 Å². The Bertz CT molecular complexity index is 349. The van der Waals surface area contributed by atoms with E-state index in [2.05, 4.69) is 15.2 Å². The van der Waals surface area contributed by atoms with Crippen molar-refractivity contribution in [3.63, 3.8) is 0 Å². The molecule has 1 heterocycles. The number of ether oxygens (including phenoxy) is 1. The fourth-order valence-electron chi connectivity index (χ4n) is 1.41. The van der Waals surface area contributed by atoms with Gasteiger partial charge >= 0.3 is 6.18 Å². The van der Waals surface area contributed by atoms with E-state index >= 15 is 0 Å². The number of nitrogens with zero attached hydrogens (tertiary/aromatic N) is 2.